The van der Waals surface area contributed by atoms with Crippen LogP contribution in [0.4, 0.5) is 10.1 Å². The second-order valence-corrected chi connectivity index (χ2v) is 4.68. The molecule has 18 heavy (non-hydrogen) atoms. The van der Waals surface area contributed by atoms with E-state index in [9.17, 15) is 14.3 Å². The van der Waals surface area contributed by atoms with Gasteiger partial charge in [-0.1, -0.05) is 13.0 Å². The first-order valence-corrected chi connectivity index (χ1v) is 6.03. The Morgan fingerprint density at radius 2 is 2.33 bits per heavy atom. The van der Waals surface area contributed by atoms with Crippen molar-refractivity contribution in [2.75, 3.05) is 24.6 Å². The molecule has 1 aliphatic rings. The van der Waals surface area contributed by atoms with Crippen molar-refractivity contribution in [3.05, 3.63) is 30.1 Å². The highest BCUT2D eigenvalue weighted by molar-refractivity contribution is 5.97. The first-order valence-electron chi connectivity index (χ1n) is 6.03. The Balaban J connectivity index is 2.30. The zero-order chi connectivity index (χ0) is 13.1. The molecule has 4 nitrogen and oxygen atoms in total. The molecule has 0 radical (unpaired) electrons. The maximum Gasteiger partial charge on any atom is 0.246 e. The third-order valence-corrected chi connectivity index (χ3v) is 3.07. The number of carbonyl (C=O) groups is 1. The van der Waals surface area contributed by atoms with Gasteiger partial charge >= 0.3 is 0 Å². The van der Waals surface area contributed by atoms with Crippen LogP contribution in [0, 0.1) is 11.7 Å². The lowest BCUT2D eigenvalue weighted by molar-refractivity contribution is -0.121. The highest BCUT2D eigenvalue weighted by Gasteiger charge is 2.29. The lowest BCUT2D eigenvalue weighted by atomic mass is 10.1. The van der Waals surface area contributed by atoms with Crippen molar-refractivity contribution in [2.24, 2.45) is 5.92 Å². The van der Waals surface area contributed by atoms with Gasteiger partial charge in [0.05, 0.1) is 6.61 Å². The summed E-state index contributed by atoms with van der Waals surface area (Å²) in [4.78, 5) is 13.8. The molecule has 1 aromatic carbocycles. The standard InChI is InChI=1S/C13H17FN2O2/c1-9-6-15-12(8-17)13(18)16(7-9)11-4-2-3-10(14)5-11/h2-5,9,12,15,17H,6-8H2,1H3. The maximum absolute atomic E-state index is 13.2. The average Bonchev–Trinajstić information content (AvgIpc) is 2.49. The molecule has 2 unspecified atom stereocenters. The Kier molecular flexibility index (Phi) is 3.93. The molecule has 5 heteroatoms. The van der Waals surface area contributed by atoms with E-state index in [2.05, 4.69) is 5.32 Å². The van der Waals surface area contributed by atoms with E-state index in [0.717, 1.165) is 0 Å². The molecule has 2 rings (SSSR count). The zero-order valence-corrected chi connectivity index (χ0v) is 10.3. The third kappa shape index (κ3) is 2.68. The predicted molar refractivity (Wildman–Crippen MR) is 66.8 cm³/mol. The fraction of sp³-hybridized carbons (Fsp3) is 0.462. The quantitative estimate of drug-likeness (QED) is 0.817. The lowest BCUT2D eigenvalue weighted by Crippen LogP contribution is -2.46. The van der Waals surface area contributed by atoms with Gasteiger partial charge in [-0.15, -0.1) is 0 Å². The monoisotopic (exact) mass is 252 g/mol. The number of aliphatic hydroxyl groups excluding tert-OH is 1. The summed E-state index contributed by atoms with van der Waals surface area (Å²) in [6, 6.07) is 5.35. The van der Waals surface area contributed by atoms with Crippen molar-refractivity contribution in [3.63, 3.8) is 0 Å². The van der Waals surface area contributed by atoms with Crippen molar-refractivity contribution in [3.8, 4) is 0 Å². The predicted octanol–water partition coefficient (Wildman–Crippen LogP) is 0.759. The molecule has 1 fully saturated rings. The summed E-state index contributed by atoms with van der Waals surface area (Å²) >= 11 is 0. The molecule has 1 amide bonds. The molecule has 98 valence electrons. The van der Waals surface area contributed by atoms with Gasteiger partial charge in [-0.05, 0) is 24.1 Å². The third-order valence-electron chi connectivity index (χ3n) is 3.07. The van der Waals surface area contributed by atoms with Gasteiger partial charge < -0.3 is 15.3 Å². The van der Waals surface area contributed by atoms with Crippen LogP contribution in [0.15, 0.2) is 24.3 Å². The second kappa shape index (κ2) is 5.46. The molecule has 2 atom stereocenters. The number of hydrogen-bond donors (Lipinski definition) is 2. The van der Waals surface area contributed by atoms with Crippen LogP contribution in [0.1, 0.15) is 6.92 Å². The van der Waals surface area contributed by atoms with Crippen LogP contribution in [0.25, 0.3) is 0 Å². The van der Waals surface area contributed by atoms with Gasteiger partial charge in [0.25, 0.3) is 0 Å². The Morgan fingerprint density at radius 1 is 1.56 bits per heavy atom. The minimum atomic E-state index is -0.613. The summed E-state index contributed by atoms with van der Waals surface area (Å²) < 4.78 is 13.2. The van der Waals surface area contributed by atoms with Crippen molar-refractivity contribution in [1.29, 1.82) is 0 Å². The van der Waals surface area contributed by atoms with E-state index >= 15 is 0 Å². The van der Waals surface area contributed by atoms with Crippen LogP contribution in [0.3, 0.4) is 0 Å². The summed E-state index contributed by atoms with van der Waals surface area (Å²) in [6.45, 7) is 2.93. The number of hydrogen-bond acceptors (Lipinski definition) is 3. The van der Waals surface area contributed by atoms with Crippen LogP contribution in [0.2, 0.25) is 0 Å². The Labute approximate surface area is 105 Å². The number of anilines is 1. The summed E-state index contributed by atoms with van der Waals surface area (Å²) in [7, 11) is 0. The highest BCUT2D eigenvalue weighted by Crippen LogP contribution is 2.20. The van der Waals surface area contributed by atoms with E-state index in [1.807, 2.05) is 6.92 Å². The van der Waals surface area contributed by atoms with Crippen molar-refractivity contribution in [1.82, 2.24) is 5.32 Å². The lowest BCUT2D eigenvalue weighted by Gasteiger charge is -2.24. The molecule has 0 saturated carbocycles. The van der Waals surface area contributed by atoms with E-state index in [1.54, 1.807) is 12.1 Å². The van der Waals surface area contributed by atoms with Gasteiger partial charge in [-0.3, -0.25) is 4.79 Å². The Bertz CT molecular complexity index is 439. The minimum absolute atomic E-state index is 0.215. The van der Waals surface area contributed by atoms with E-state index in [4.69, 9.17) is 0 Å². The molecule has 2 N–H and O–H groups in total. The highest BCUT2D eigenvalue weighted by atomic mass is 19.1. The molecule has 0 aliphatic carbocycles. The largest absolute Gasteiger partial charge is 0.394 e. The number of nitrogens with one attached hydrogen (secondary N) is 1. The van der Waals surface area contributed by atoms with Crippen LogP contribution >= 0.6 is 0 Å². The Morgan fingerprint density at radius 3 is 3.00 bits per heavy atom. The number of amides is 1. The van der Waals surface area contributed by atoms with Crippen molar-refractivity contribution < 1.29 is 14.3 Å². The number of aliphatic hydroxyl groups is 1. The van der Waals surface area contributed by atoms with Crippen LogP contribution < -0.4 is 10.2 Å². The molecule has 1 aromatic rings. The molecule has 1 saturated heterocycles. The fourth-order valence-electron chi connectivity index (χ4n) is 2.10. The molecule has 0 bridgehead atoms. The van der Waals surface area contributed by atoms with E-state index < -0.39 is 6.04 Å². The van der Waals surface area contributed by atoms with Gasteiger partial charge in [0, 0.05) is 18.8 Å². The SMILES string of the molecule is CC1CNC(CO)C(=O)N(c2cccc(F)c2)C1. The Hall–Kier alpha value is -1.46. The van der Waals surface area contributed by atoms with Crippen LogP contribution in [-0.4, -0.2) is 36.8 Å². The average molecular weight is 252 g/mol. The van der Waals surface area contributed by atoms with E-state index in [-0.39, 0.29) is 24.2 Å². The van der Waals surface area contributed by atoms with Gasteiger partial charge in [-0.2, -0.15) is 0 Å². The number of benzene rings is 1. The van der Waals surface area contributed by atoms with Gasteiger partial charge in [-0.25, -0.2) is 4.39 Å². The smallest absolute Gasteiger partial charge is 0.246 e. The number of rotatable bonds is 2. The summed E-state index contributed by atoms with van der Waals surface area (Å²) in [5, 5.41) is 12.2. The topological polar surface area (TPSA) is 52.6 Å². The van der Waals surface area contributed by atoms with Crippen LogP contribution in [-0.2, 0) is 4.79 Å². The first kappa shape index (κ1) is 13.0. The van der Waals surface area contributed by atoms with Gasteiger partial charge in [0.2, 0.25) is 5.91 Å². The fourth-order valence-corrected chi connectivity index (χ4v) is 2.10. The van der Waals surface area contributed by atoms with Gasteiger partial charge in [0.15, 0.2) is 0 Å². The number of nitrogens with zero attached hydrogens (tertiary/aromatic N) is 1. The first-order chi connectivity index (χ1) is 8.61. The number of halogens is 1. The molecule has 0 aromatic heterocycles. The normalized spacial score (nSPS) is 25.1. The summed E-state index contributed by atoms with van der Waals surface area (Å²) in [6.07, 6.45) is 0. The summed E-state index contributed by atoms with van der Waals surface area (Å²) in [5.41, 5.74) is 0.536. The minimum Gasteiger partial charge on any atom is -0.394 e. The number of carbonyl (C=O) groups excluding carboxylic acids is 1. The maximum atomic E-state index is 13.2. The second-order valence-electron chi connectivity index (χ2n) is 4.68. The molecule has 0 spiro atoms. The van der Waals surface area contributed by atoms with Crippen molar-refractivity contribution >= 4 is 11.6 Å². The molecule has 1 aliphatic heterocycles. The van der Waals surface area contributed by atoms with E-state index in [0.29, 0.717) is 18.8 Å². The summed E-state index contributed by atoms with van der Waals surface area (Å²) in [5.74, 6) is -0.341. The molecular formula is C13H17FN2O2. The van der Waals surface area contributed by atoms with Crippen molar-refractivity contribution in [2.45, 2.75) is 13.0 Å². The van der Waals surface area contributed by atoms with Gasteiger partial charge in [0.1, 0.15) is 11.9 Å². The molecular weight excluding hydrogens is 235 g/mol. The zero-order valence-electron chi connectivity index (χ0n) is 10.3. The van der Waals surface area contributed by atoms with Crippen LogP contribution in [0.5, 0.6) is 0 Å². The molecule has 1 heterocycles. The van der Waals surface area contributed by atoms with E-state index in [1.165, 1.54) is 17.0 Å².